The number of rotatable bonds is 2. The van der Waals surface area contributed by atoms with Gasteiger partial charge in [0.2, 0.25) is 0 Å². The first-order valence-corrected chi connectivity index (χ1v) is 7.52. The van der Waals surface area contributed by atoms with E-state index < -0.39 is 11.7 Å². The predicted octanol–water partition coefficient (Wildman–Crippen LogP) is 3.56. The van der Waals surface area contributed by atoms with Gasteiger partial charge in [-0.3, -0.25) is 0 Å². The maximum atomic E-state index is 12.4. The molecule has 0 aliphatic carbocycles. The van der Waals surface area contributed by atoms with E-state index in [4.69, 9.17) is 17.0 Å². The molecule has 0 aromatic heterocycles. The van der Waals surface area contributed by atoms with Crippen LogP contribution in [0.2, 0.25) is 0 Å². The van der Waals surface area contributed by atoms with Crippen LogP contribution in [0.25, 0.3) is 0 Å². The Morgan fingerprint density at radius 2 is 1.80 bits per heavy atom. The third-order valence-electron chi connectivity index (χ3n) is 2.91. The Morgan fingerprint density at radius 1 is 1.20 bits per heavy atom. The van der Waals surface area contributed by atoms with Crippen LogP contribution in [0.15, 0.2) is 24.3 Å². The summed E-state index contributed by atoms with van der Waals surface area (Å²) in [6.45, 7) is 2.89. The molecule has 0 radical (unpaired) electrons. The molecule has 1 aromatic rings. The first kappa shape index (κ1) is 15.6. The molecule has 2 rings (SSSR count). The lowest BCUT2D eigenvalue weighted by atomic mass is 10.1. The fraction of sp³-hybridized carbons (Fsp3) is 0.462. The summed E-state index contributed by atoms with van der Waals surface area (Å²) < 4.78 is 43.3. The second-order valence-corrected chi connectivity index (χ2v) is 5.96. The van der Waals surface area contributed by atoms with Crippen molar-refractivity contribution in [2.45, 2.75) is 11.9 Å². The lowest BCUT2D eigenvalue weighted by Gasteiger charge is -2.28. The van der Waals surface area contributed by atoms with E-state index >= 15 is 0 Å². The van der Waals surface area contributed by atoms with Gasteiger partial charge in [0.05, 0.1) is 18.8 Å². The number of hydrogen-bond donors (Lipinski definition) is 0. The highest BCUT2D eigenvalue weighted by Crippen LogP contribution is 2.29. The molecule has 110 valence electrons. The molecule has 0 N–H and O–H groups in total. The van der Waals surface area contributed by atoms with Crippen molar-refractivity contribution in [1.29, 1.82) is 0 Å². The van der Waals surface area contributed by atoms with E-state index in [0.29, 0.717) is 19.0 Å². The molecule has 1 aromatic carbocycles. The van der Waals surface area contributed by atoms with Gasteiger partial charge in [-0.25, -0.2) is 0 Å². The molecule has 0 amide bonds. The van der Waals surface area contributed by atoms with Gasteiger partial charge in [-0.2, -0.15) is 13.2 Å². The number of nitrogens with zero attached hydrogens (tertiary/aromatic N) is 1. The Morgan fingerprint density at radius 3 is 2.35 bits per heavy atom. The van der Waals surface area contributed by atoms with Crippen molar-refractivity contribution in [3.8, 4) is 0 Å². The van der Waals surface area contributed by atoms with Gasteiger partial charge in [0.25, 0.3) is 0 Å². The van der Waals surface area contributed by atoms with Crippen molar-refractivity contribution in [1.82, 2.24) is 4.90 Å². The summed E-state index contributed by atoms with van der Waals surface area (Å²) in [5.41, 5.74) is 0.209. The minimum atomic E-state index is -4.28. The van der Waals surface area contributed by atoms with E-state index in [9.17, 15) is 13.2 Å². The van der Waals surface area contributed by atoms with E-state index in [-0.39, 0.29) is 0 Å². The zero-order valence-electron chi connectivity index (χ0n) is 10.7. The maximum absolute atomic E-state index is 12.4. The van der Waals surface area contributed by atoms with Crippen LogP contribution in [0.5, 0.6) is 0 Å². The second-order valence-electron chi connectivity index (χ2n) is 4.35. The molecule has 1 saturated heterocycles. The fourth-order valence-electron chi connectivity index (χ4n) is 1.77. The average molecular weight is 321 g/mol. The van der Waals surface area contributed by atoms with Crippen LogP contribution in [0.1, 0.15) is 11.1 Å². The van der Waals surface area contributed by atoms with Gasteiger partial charge >= 0.3 is 6.18 Å². The topological polar surface area (TPSA) is 12.5 Å². The monoisotopic (exact) mass is 321 g/mol. The van der Waals surface area contributed by atoms with Crippen molar-refractivity contribution in [3.05, 3.63) is 35.4 Å². The summed E-state index contributed by atoms with van der Waals surface area (Å²) >= 11 is 6.78. The van der Waals surface area contributed by atoms with Crippen LogP contribution in [-0.2, 0) is 16.7 Å². The summed E-state index contributed by atoms with van der Waals surface area (Å²) in [5.74, 6) is 0.578. The van der Waals surface area contributed by atoms with E-state index in [1.165, 1.54) is 23.9 Å². The first-order valence-electron chi connectivity index (χ1n) is 6.12. The Balaban J connectivity index is 1.86. The minimum Gasteiger partial charge on any atom is -0.378 e. The summed E-state index contributed by atoms with van der Waals surface area (Å²) in [6, 6.07) is 5.21. The van der Waals surface area contributed by atoms with E-state index in [1.807, 2.05) is 0 Å². The van der Waals surface area contributed by atoms with E-state index in [2.05, 4.69) is 4.90 Å². The van der Waals surface area contributed by atoms with Gasteiger partial charge in [0.15, 0.2) is 0 Å². The van der Waals surface area contributed by atoms with Crippen LogP contribution in [-0.4, -0.2) is 35.5 Å². The third kappa shape index (κ3) is 4.36. The van der Waals surface area contributed by atoms with Gasteiger partial charge in [0, 0.05) is 18.8 Å². The van der Waals surface area contributed by atoms with Gasteiger partial charge in [-0.1, -0.05) is 36.1 Å². The summed E-state index contributed by atoms with van der Waals surface area (Å²) in [7, 11) is 0. The molecule has 0 bridgehead atoms. The molecule has 20 heavy (non-hydrogen) atoms. The number of halogens is 3. The molecule has 0 unspecified atom stereocenters. The standard InChI is InChI=1S/C13H14F3NOS2/c14-13(15,16)11-3-1-10(2-4-11)9-20-12(19)17-5-7-18-8-6-17/h1-4H,5-9H2. The zero-order valence-corrected chi connectivity index (χ0v) is 12.3. The maximum Gasteiger partial charge on any atom is 0.416 e. The van der Waals surface area contributed by atoms with Gasteiger partial charge < -0.3 is 9.64 Å². The van der Waals surface area contributed by atoms with Crippen molar-refractivity contribution >= 4 is 28.3 Å². The van der Waals surface area contributed by atoms with Crippen LogP contribution in [0.4, 0.5) is 13.2 Å². The van der Waals surface area contributed by atoms with Gasteiger partial charge in [0.1, 0.15) is 4.32 Å². The summed E-state index contributed by atoms with van der Waals surface area (Å²) in [6.07, 6.45) is -4.28. The Hall–Kier alpha value is -0.790. The minimum absolute atomic E-state index is 0.578. The molecule has 7 heteroatoms. The first-order chi connectivity index (χ1) is 9.47. The van der Waals surface area contributed by atoms with E-state index in [1.54, 1.807) is 0 Å². The fourth-order valence-corrected chi connectivity index (χ4v) is 2.98. The SMILES string of the molecule is FC(F)(F)c1ccc(CSC(=S)N2CCOCC2)cc1. The van der Waals surface area contributed by atoms with Gasteiger partial charge in [-0.15, -0.1) is 0 Å². The lowest BCUT2D eigenvalue weighted by Crippen LogP contribution is -2.38. The molecule has 2 nitrogen and oxygen atoms in total. The molecule has 1 heterocycles. The molecular formula is C13H14F3NOS2. The average Bonchev–Trinajstić information content (AvgIpc) is 2.45. The molecule has 1 fully saturated rings. The van der Waals surface area contributed by atoms with Crippen LogP contribution in [0.3, 0.4) is 0 Å². The van der Waals surface area contributed by atoms with Crippen LogP contribution >= 0.6 is 24.0 Å². The normalized spacial score (nSPS) is 16.2. The predicted molar refractivity (Wildman–Crippen MR) is 77.7 cm³/mol. The number of morpholine rings is 1. The Labute approximate surface area is 125 Å². The van der Waals surface area contributed by atoms with Crippen LogP contribution < -0.4 is 0 Å². The molecule has 1 aliphatic heterocycles. The number of benzene rings is 1. The largest absolute Gasteiger partial charge is 0.416 e. The van der Waals surface area contributed by atoms with Crippen molar-refractivity contribution in [2.75, 3.05) is 26.3 Å². The molecule has 0 saturated carbocycles. The highest BCUT2D eigenvalue weighted by molar-refractivity contribution is 8.22. The van der Waals surface area contributed by atoms with Gasteiger partial charge in [-0.05, 0) is 17.7 Å². The number of thiocarbonyl (C=S) groups is 1. The highest BCUT2D eigenvalue weighted by atomic mass is 32.2. The van der Waals surface area contributed by atoms with Crippen molar-refractivity contribution < 1.29 is 17.9 Å². The third-order valence-corrected chi connectivity index (χ3v) is 4.51. The second kappa shape index (κ2) is 6.78. The Kier molecular flexibility index (Phi) is 5.29. The van der Waals surface area contributed by atoms with Crippen molar-refractivity contribution in [2.24, 2.45) is 0 Å². The summed E-state index contributed by atoms with van der Waals surface area (Å²) in [5, 5.41) is 0. The quantitative estimate of drug-likeness (QED) is 0.772. The lowest BCUT2D eigenvalue weighted by molar-refractivity contribution is -0.137. The number of thioether (sulfide) groups is 1. The number of alkyl halides is 3. The molecule has 0 atom stereocenters. The smallest absolute Gasteiger partial charge is 0.378 e. The van der Waals surface area contributed by atoms with E-state index in [0.717, 1.165) is 35.1 Å². The highest BCUT2D eigenvalue weighted by Gasteiger charge is 2.29. The van der Waals surface area contributed by atoms with Crippen molar-refractivity contribution in [3.63, 3.8) is 0 Å². The molecule has 1 aliphatic rings. The van der Waals surface area contributed by atoms with Crippen LogP contribution in [0, 0.1) is 0 Å². The zero-order chi connectivity index (χ0) is 14.6. The summed E-state index contributed by atoms with van der Waals surface area (Å²) in [4.78, 5) is 2.06. The molecular weight excluding hydrogens is 307 g/mol. The number of hydrogen-bond acceptors (Lipinski definition) is 3. The number of ether oxygens (including phenoxy) is 1. The molecule has 0 spiro atoms. The Bertz CT molecular complexity index is 456.